The zero-order valence-corrected chi connectivity index (χ0v) is 11.5. The molecule has 0 aliphatic heterocycles. The van der Waals surface area contributed by atoms with Gasteiger partial charge in [0.25, 0.3) is 0 Å². The molecule has 0 amide bonds. The second-order valence-corrected chi connectivity index (χ2v) is 5.02. The first kappa shape index (κ1) is 12.8. The number of halogens is 2. The van der Waals surface area contributed by atoms with Crippen molar-refractivity contribution in [2.75, 3.05) is 0 Å². The van der Waals surface area contributed by atoms with E-state index in [1.165, 1.54) is 18.2 Å². The monoisotopic (exact) mass is 335 g/mol. The number of para-hydroxylation sites is 1. The lowest BCUT2D eigenvalue weighted by Crippen LogP contribution is -1.95. The smallest absolute Gasteiger partial charge is 0.339 e. The maximum atomic E-state index is 13.8. The first-order chi connectivity index (χ1) is 9.56. The van der Waals surface area contributed by atoms with Crippen LogP contribution in [0, 0.1) is 5.82 Å². The van der Waals surface area contributed by atoms with Crippen LogP contribution in [-0.2, 0) is 0 Å². The number of carboxylic acid groups (broad SMARTS) is 1. The molecule has 0 bridgehead atoms. The standard InChI is InChI=1S/C14H7BrFNO3/c15-7-4-5-10(16)9(6-7)13-17-11-3-1-2-8(14(18)19)12(11)20-13/h1-6H,(H,18,19). The number of hydrogen-bond donors (Lipinski definition) is 1. The molecule has 2 aromatic carbocycles. The van der Waals surface area contributed by atoms with Crippen molar-refractivity contribution in [3.63, 3.8) is 0 Å². The maximum Gasteiger partial charge on any atom is 0.339 e. The number of fused-ring (bicyclic) bond motifs is 1. The molecule has 100 valence electrons. The molecule has 0 spiro atoms. The first-order valence-electron chi connectivity index (χ1n) is 5.64. The van der Waals surface area contributed by atoms with Gasteiger partial charge in [-0.05, 0) is 30.3 Å². The lowest BCUT2D eigenvalue weighted by molar-refractivity contribution is 0.0698. The fourth-order valence-corrected chi connectivity index (χ4v) is 2.26. The van der Waals surface area contributed by atoms with Crippen LogP contribution in [0.2, 0.25) is 0 Å². The van der Waals surface area contributed by atoms with E-state index >= 15 is 0 Å². The number of hydrogen-bond acceptors (Lipinski definition) is 3. The molecule has 0 saturated heterocycles. The van der Waals surface area contributed by atoms with Gasteiger partial charge in [0.05, 0.1) is 5.56 Å². The minimum absolute atomic E-state index is 0.00310. The van der Waals surface area contributed by atoms with Gasteiger partial charge in [0.1, 0.15) is 16.9 Å². The minimum Gasteiger partial charge on any atom is -0.478 e. The van der Waals surface area contributed by atoms with Gasteiger partial charge in [0.15, 0.2) is 5.58 Å². The average molecular weight is 336 g/mol. The third-order valence-electron chi connectivity index (χ3n) is 2.80. The predicted octanol–water partition coefficient (Wildman–Crippen LogP) is 4.09. The molecule has 4 nitrogen and oxygen atoms in total. The normalized spacial score (nSPS) is 10.9. The Hall–Kier alpha value is -2.21. The third-order valence-corrected chi connectivity index (χ3v) is 3.30. The fraction of sp³-hybridized carbons (Fsp3) is 0. The molecule has 0 aliphatic rings. The van der Waals surface area contributed by atoms with E-state index in [2.05, 4.69) is 20.9 Å². The summed E-state index contributed by atoms with van der Waals surface area (Å²) in [5.41, 5.74) is 0.678. The van der Waals surface area contributed by atoms with Crippen LogP contribution in [0.3, 0.4) is 0 Å². The van der Waals surface area contributed by atoms with Crippen molar-refractivity contribution in [3.05, 3.63) is 52.3 Å². The fourth-order valence-electron chi connectivity index (χ4n) is 1.89. The number of aromatic carboxylic acids is 1. The van der Waals surface area contributed by atoms with E-state index in [1.807, 2.05) is 0 Å². The largest absolute Gasteiger partial charge is 0.478 e. The number of carboxylic acids is 1. The van der Waals surface area contributed by atoms with Crippen LogP contribution >= 0.6 is 15.9 Å². The number of aromatic nitrogens is 1. The molecule has 3 rings (SSSR count). The van der Waals surface area contributed by atoms with Crippen molar-refractivity contribution in [1.82, 2.24) is 4.98 Å². The SMILES string of the molecule is O=C(O)c1cccc2nc(-c3cc(Br)ccc3F)oc12. The molecule has 0 radical (unpaired) electrons. The Morgan fingerprint density at radius 3 is 2.85 bits per heavy atom. The van der Waals surface area contributed by atoms with Crippen LogP contribution < -0.4 is 0 Å². The van der Waals surface area contributed by atoms with Gasteiger partial charge in [0, 0.05) is 4.47 Å². The van der Waals surface area contributed by atoms with E-state index in [0.717, 1.165) is 0 Å². The summed E-state index contributed by atoms with van der Waals surface area (Å²) in [6.07, 6.45) is 0. The van der Waals surface area contributed by atoms with E-state index in [9.17, 15) is 9.18 Å². The summed E-state index contributed by atoms with van der Waals surface area (Å²) in [5.74, 6) is -1.56. The molecule has 6 heteroatoms. The highest BCUT2D eigenvalue weighted by molar-refractivity contribution is 9.10. The topological polar surface area (TPSA) is 63.3 Å². The van der Waals surface area contributed by atoms with Crippen LogP contribution in [-0.4, -0.2) is 16.1 Å². The lowest BCUT2D eigenvalue weighted by atomic mass is 10.2. The van der Waals surface area contributed by atoms with Gasteiger partial charge >= 0.3 is 5.97 Å². The van der Waals surface area contributed by atoms with Crippen LogP contribution in [0.5, 0.6) is 0 Å². The average Bonchev–Trinajstić information content (AvgIpc) is 2.84. The summed E-state index contributed by atoms with van der Waals surface area (Å²) in [6, 6.07) is 8.97. The zero-order chi connectivity index (χ0) is 14.3. The quantitative estimate of drug-likeness (QED) is 0.765. The number of benzene rings is 2. The van der Waals surface area contributed by atoms with Crippen LogP contribution in [0.15, 0.2) is 45.3 Å². The molecule has 1 N–H and O–H groups in total. The van der Waals surface area contributed by atoms with Gasteiger partial charge in [-0.1, -0.05) is 22.0 Å². The van der Waals surface area contributed by atoms with Gasteiger partial charge in [-0.3, -0.25) is 0 Å². The molecule has 0 unspecified atom stereocenters. The highest BCUT2D eigenvalue weighted by atomic mass is 79.9. The van der Waals surface area contributed by atoms with E-state index in [0.29, 0.717) is 9.99 Å². The number of oxazole rings is 1. The van der Waals surface area contributed by atoms with E-state index in [4.69, 9.17) is 9.52 Å². The Morgan fingerprint density at radius 2 is 2.10 bits per heavy atom. The number of carbonyl (C=O) groups is 1. The lowest BCUT2D eigenvalue weighted by Gasteiger charge is -1.98. The zero-order valence-electron chi connectivity index (χ0n) is 9.93. The van der Waals surface area contributed by atoms with Crippen LogP contribution in [0.4, 0.5) is 4.39 Å². The van der Waals surface area contributed by atoms with Crippen molar-refractivity contribution in [3.8, 4) is 11.5 Å². The van der Waals surface area contributed by atoms with Crippen molar-refractivity contribution < 1.29 is 18.7 Å². The van der Waals surface area contributed by atoms with Gasteiger partial charge < -0.3 is 9.52 Å². The Morgan fingerprint density at radius 1 is 1.30 bits per heavy atom. The minimum atomic E-state index is -1.12. The molecular weight excluding hydrogens is 329 g/mol. The summed E-state index contributed by atoms with van der Waals surface area (Å²) >= 11 is 3.24. The van der Waals surface area contributed by atoms with Crippen molar-refractivity contribution in [2.24, 2.45) is 0 Å². The summed E-state index contributed by atoms with van der Waals surface area (Å²) in [5, 5.41) is 9.09. The Kier molecular flexibility index (Phi) is 3.02. The first-order valence-corrected chi connectivity index (χ1v) is 6.44. The molecule has 0 aliphatic carbocycles. The van der Waals surface area contributed by atoms with Gasteiger partial charge in [-0.2, -0.15) is 0 Å². The van der Waals surface area contributed by atoms with Crippen LogP contribution in [0.1, 0.15) is 10.4 Å². The summed E-state index contributed by atoms with van der Waals surface area (Å²) in [7, 11) is 0. The van der Waals surface area contributed by atoms with Gasteiger partial charge in [-0.25, -0.2) is 14.2 Å². The molecule has 1 aromatic heterocycles. The highest BCUT2D eigenvalue weighted by Gasteiger charge is 2.17. The molecule has 20 heavy (non-hydrogen) atoms. The van der Waals surface area contributed by atoms with E-state index in [-0.39, 0.29) is 22.6 Å². The van der Waals surface area contributed by atoms with Crippen molar-refractivity contribution in [1.29, 1.82) is 0 Å². The number of rotatable bonds is 2. The summed E-state index contributed by atoms with van der Waals surface area (Å²) in [4.78, 5) is 15.2. The third kappa shape index (κ3) is 2.08. The molecule has 0 saturated carbocycles. The van der Waals surface area contributed by atoms with Crippen molar-refractivity contribution >= 4 is 33.0 Å². The van der Waals surface area contributed by atoms with Gasteiger partial charge in [-0.15, -0.1) is 0 Å². The molecule has 3 aromatic rings. The van der Waals surface area contributed by atoms with Crippen LogP contribution in [0.25, 0.3) is 22.6 Å². The Bertz CT molecular complexity index is 828. The van der Waals surface area contributed by atoms with Crippen molar-refractivity contribution in [2.45, 2.75) is 0 Å². The predicted molar refractivity (Wildman–Crippen MR) is 74.1 cm³/mol. The molecule has 0 atom stereocenters. The Labute approximate surface area is 121 Å². The molecular formula is C14H7BrFNO3. The number of nitrogens with zero attached hydrogens (tertiary/aromatic N) is 1. The second kappa shape index (κ2) is 4.72. The Balaban J connectivity index is 2.26. The van der Waals surface area contributed by atoms with Gasteiger partial charge in [0.2, 0.25) is 5.89 Å². The highest BCUT2D eigenvalue weighted by Crippen LogP contribution is 2.30. The van der Waals surface area contributed by atoms with E-state index in [1.54, 1.807) is 18.2 Å². The summed E-state index contributed by atoms with van der Waals surface area (Å²) in [6.45, 7) is 0. The molecule has 1 heterocycles. The second-order valence-electron chi connectivity index (χ2n) is 4.10. The molecule has 0 fully saturated rings. The summed E-state index contributed by atoms with van der Waals surface area (Å²) < 4.78 is 19.9. The van der Waals surface area contributed by atoms with E-state index < -0.39 is 11.8 Å². The maximum absolute atomic E-state index is 13.8.